The van der Waals surface area contributed by atoms with Crippen LogP contribution in [-0.2, 0) is 0 Å². The molecule has 2 rings (SSSR count). The van der Waals surface area contributed by atoms with Crippen LogP contribution in [0.2, 0.25) is 0 Å². The Morgan fingerprint density at radius 3 is 2.95 bits per heavy atom. The number of benzene rings is 1. The van der Waals surface area contributed by atoms with E-state index in [1.54, 1.807) is 12.1 Å². The van der Waals surface area contributed by atoms with Crippen LogP contribution in [0.4, 0.5) is 15.8 Å². The van der Waals surface area contributed by atoms with Crippen molar-refractivity contribution in [2.75, 3.05) is 11.9 Å². The van der Waals surface area contributed by atoms with Gasteiger partial charge < -0.3 is 11.1 Å². The van der Waals surface area contributed by atoms with Crippen LogP contribution in [0.5, 0.6) is 0 Å². The fraction of sp³-hybridized carbons (Fsp3) is 0.357. The number of aromatic nitrogens is 1. The third-order valence-electron chi connectivity index (χ3n) is 3.29. The van der Waals surface area contributed by atoms with Crippen molar-refractivity contribution in [2.24, 2.45) is 5.73 Å². The highest BCUT2D eigenvalue weighted by molar-refractivity contribution is 5.97. The zero-order chi connectivity index (χ0) is 15.4. The summed E-state index contributed by atoms with van der Waals surface area (Å²) in [7, 11) is 0. The number of hydrogen-bond donors (Lipinski definition) is 2. The maximum Gasteiger partial charge on any atom is 0.281 e. The fourth-order valence-electron chi connectivity index (χ4n) is 2.28. The molecule has 0 aliphatic rings. The molecule has 0 saturated heterocycles. The van der Waals surface area contributed by atoms with Gasteiger partial charge >= 0.3 is 0 Å². The average Bonchev–Trinajstić information content (AvgIpc) is 2.48. The van der Waals surface area contributed by atoms with Gasteiger partial charge in [-0.15, -0.1) is 0 Å². The molecule has 21 heavy (non-hydrogen) atoms. The number of rotatable bonds is 6. The summed E-state index contributed by atoms with van der Waals surface area (Å²) in [4.78, 5) is 14.5. The number of fused-ring (bicyclic) bond motifs is 1. The smallest absolute Gasteiger partial charge is 0.281 e. The Kier molecular flexibility index (Phi) is 4.64. The molecule has 2 aromatic rings. The van der Waals surface area contributed by atoms with E-state index in [4.69, 9.17) is 5.73 Å². The van der Waals surface area contributed by atoms with Crippen molar-refractivity contribution >= 4 is 22.3 Å². The number of non-ortho nitro benzene ring substituents is 1. The molecule has 7 heteroatoms. The molecule has 0 fully saturated rings. The first-order valence-electron chi connectivity index (χ1n) is 6.76. The molecular weight excluding hydrogens is 275 g/mol. The zero-order valence-electron chi connectivity index (χ0n) is 11.7. The van der Waals surface area contributed by atoms with Gasteiger partial charge in [0.2, 0.25) is 0 Å². The molecule has 3 N–H and O–H groups in total. The van der Waals surface area contributed by atoms with Crippen molar-refractivity contribution in [3.05, 3.63) is 40.3 Å². The molecular formula is C14H17FN4O2. The lowest BCUT2D eigenvalue weighted by molar-refractivity contribution is -0.383. The third kappa shape index (κ3) is 3.08. The third-order valence-corrected chi connectivity index (χ3v) is 3.29. The second-order valence-electron chi connectivity index (χ2n) is 4.77. The molecule has 1 aromatic carbocycles. The van der Waals surface area contributed by atoms with E-state index in [1.807, 2.05) is 6.92 Å². The van der Waals surface area contributed by atoms with Crippen LogP contribution in [-0.4, -0.2) is 22.5 Å². The topological polar surface area (TPSA) is 94.1 Å². The number of nitrogens with one attached hydrogen (secondary N) is 1. The van der Waals surface area contributed by atoms with E-state index in [1.165, 1.54) is 6.20 Å². The van der Waals surface area contributed by atoms with Gasteiger partial charge in [0.05, 0.1) is 22.1 Å². The Labute approximate surface area is 121 Å². The van der Waals surface area contributed by atoms with Crippen molar-refractivity contribution in [2.45, 2.75) is 25.8 Å². The number of hydrogen-bond acceptors (Lipinski definition) is 5. The Morgan fingerprint density at radius 2 is 2.33 bits per heavy atom. The molecule has 1 heterocycles. The lowest BCUT2D eigenvalue weighted by Crippen LogP contribution is -2.29. The predicted molar refractivity (Wildman–Crippen MR) is 79.7 cm³/mol. The number of nitro benzene ring substituents is 1. The zero-order valence-corrected chi connectivity index (χ0v) is 11.7. The minimum absolute atomic E-state index is 0.101. The lowest BCUT2D eigenvalue weighted by atomic mass is 10.1. The molecule has 0 radical (unpaired) electrons. The van der Waals surface area contributed by atoms with E-state index >= 15 is 0 Å². The fourth-order valence-corrected chi connectivity index (χ4v) is 2.28. The Morgan fingerprint density at radius 1 is 1.57 bits per heavy atom. The molecule has 1 aromatic heterocycles. The van der Waals surface area contributed by atoms with Crippen molar-refractivity contribution in [1.29, 1.82) is 0 Å². The Bertz CT molecular complexity index is 663. The van der Waals surface area contributed by atoms with Gasteiger partial charge in [0, 0.05) is 18.8 Å². The molecule has 112 valence electrons. The number of pyridine rings is 1. The summed E-state index contributed by atoms with van der Waals surface area (Å²) in [5, 5.41) is 14.4. The minimum atomic E-state index is -0.692. The molecule has 6 nitrogen and oxygen atoms in total. The van der Waals surface area contributed by atoms with E-state index in [2.05, 4.69) is 10.3 Å². The SMILES string of the molecule is CCCC(CN)Nc1c(F)cc([N+](=O)[O-])c2cccnc12. The normalized spacial score (nSPS) is 12.3. The van der Waals surface area contributed by atoms with Gasteiger partial charge in [-0.2, -0.15) is 0 Å². The lowest BCUT2D eigenvalue weighted by Gasteiger charge is -2.18. The van der Waals surface area contributed by atoms with Crippen LogP contribution < -0.4 is 11.1 Å². The standard InChI is InChI=1S/C14H17FN4O2/c1-2-4-9(8-16)18-14-11(15)7-12(19(20)21)10-5-3-6-17-13(10)14/h3,5-7,9,18H,2,4,8,16H2,1H3. The minimum Gasteiger partial charge on any atom is -0.377 e. The highest BCUT2D eigenvalue weighted by Crippen LogP contribution is 2.33. The second kappa shape index (κ2) is 6.45. The Balaban J connectivity index is 2.56. The maximum atomic E-state index is 14.2. The van der Waals surface area contributed by atoms with E-state index in [-0.39, 0.29) is 22.9 Å². The summed E-state index contributed by atoms with van der Waals surface area (Å²) >= 11 is 0. The van der Waals surface area contributed by atoms with E-state index in [0.717, 1.165) is 18.9 Å². The van der Waals surface area contributed by atoms with Crippen LogP contribution in [0, 0.1) is 15.9 Å². The van der Waals surface area contributed by atoms with E-state index in [9.17, 15) is 14.5 Å². The first kappa shape index (κ1) is 15.1. The van der Waals surface area contributed by atoms with Crippen molar-refractivity contribution in [3.8, 4) is 0 Å². The molecule has 0 aliphatic carbocycles. The van der Waals surface area contributed by atoms with E-state index < -0.39 is 10.7 Å². The molecule has 0 saturated carbocycles. The number of halogens is 1. The van der Waals surface area contributed by atoms with Gasteiger partial charge in [0.15, 0.2) is 5.82 Å². The monoisotopic (exact) mass is 292 g/mol. The Hall–Kier alpha value is -2.28. The molecule has 0 amide bonds. The molecule has 0 aliphatic heterocycles. The average molecular weight is 292 g/mol. The van der Waals surface area contributed by atoms with Crippen molar-refractivity contribution in [3.63, 3.8) is 0 Å². The van der Waals surface area contributed by atoms with Crippen molar-refractivity contribution in [1.82, 2.24) is 4.98 Å². The van der Waals surface area contributed by atoms with E-state index in [0.29, 0.717) is 11.9 Å². The first-order valence-corrected chi connectivity index (χ1v) is 6.76. The number of nitrogens with zero attached hydrogens (tertiary/aromatic N) is 2. The van der Waals surface area contributed by atoms with Gasteiger partial charge in [0.1, 0.15) is 5.52 Å². The summed E-state index contributed by atoms with van der Waals surface area (Å²) in [6.07, 6.45) is 3.16. The summed E-state index contributed by atoms with van der Waals surface area (Å²) in [6.45, 7) is 2.35. The van der Waals surface area contributed by atoms with Crippen LogP contribution in [0.1, 0.15) is 19.8 Å². The largest absolute Gasteiger partial charge is 0.377 e. The molecule has 0 spiro atoms. The predicted octanol–water partition coefficient (Wildman–Crippen LogP) is 2.82. The van der Waals surface area contributed by atoms with Gasteiger partial charge in [-0.3, -0.25) is 15.1 Å². The van der Waals surface area contributed by atoms with Gasteiger partial charge in [0.25, 0.3) is 5.69 Å². The maximum absolute atomic E-state index is 14.2. The first-order chi connectivity index (χ1) is 10.1. The number of nitrogens with two attached hydrogens (primary N) is 1. The highest BCUT2D eigenvalue weighted by Gasteiger charge is 2.21. The molecule has 0 bridgehead atoms. The molecule has 1 unspecified atom stereocenters. The van der Waals surface area contributed by atoms with Crippen molar-refractivity contribution < 1.29 is 9.31 Å². The second-order valence-corrected chi connectivity index (χ2v) is 4.77. The van der Waals surface area contributed by atoms with Gasteiger partial charge in [-0.25, -0.2) is 4.39 Å². The van der Waals surface area contributed by atoms with Crippen LogP contribution in [0.25, 0.3) is 10.9 Å². The summed E-state index contributed by atoms with van der Waals surface area (Å²) in [5.74, 6) is -0.692. The van der Waals surface area contributed by atoms with Gasteiger partial charge in [-0.05, 0) is 18.6 Å². The molecule has 1 atom stereocenters. The highest BCUT2D eigenvalue weighted by atomic mass is 19.1. The number of nitro groups is 1. The van der Waals surface area contributed by atoms with Crippen LogP contribution in [0.15, 0.2) is 24.4 Å². The van der Waals surface area contributed by atoms with Gasteiger partial charge in [-0.1, -0.05) is 13.3 Å². The summed E-state index contributed by atoms with van der Waals surface area (Å²) in [6, 6.07) is 3.97. The van der Waals surface area contributed by atoms with Crippen LogP contribution >= 0.6 is 0 Å². The summed E-state index contributed by atoms with van der Waals surface area (Å²) in [5.41, 5.74) is 5.79. The quantitative estimate of drug-likeness (QED) is 0.630. The number of anilines is 1. The van der Waals surface area contributed by atoms with Crippen LogP contribution in [0.3, 0.4) is 0 Å². The summed E-state index contributed by atoms with van der Waals surface area (Å²) < 4.78 is 14.2.